The second-order valence-corrected chi connectivity index (χ2v) is 9.70. The van der Waals surface area contributed by atoms with Gasteiger partial charge in [0.2, 0.25) is 0 Å². The molecule has 0 atom stereocenters. The van der Waals surface area contributed by atoms with Crippen LogP contribution in [0.4, 0.5) is 5.69 Å². The number of benzene rings is 3. The van der Waals surface area contributed by atoms with E-state index in [0.717, 1.165) is 18.5 Å². The van der Waals surface area contributed by atoms with E-state index in [1.807, 2.05) is 42.3 Å². The van der Waals surface area contributed by atoms with Crippen LogP contribution in [-0.4, -0.2) is 43.8 Å². The highest BCUT2D eigenvalue weighted by molar-refractivity contribution is 7.90. The molecule has 1 aliphatic heterocycles. The lowest BCUT2D eigenvalue weighted by Crippen LogP contribution is -2.20. The van der Waals surface area contributed by atoms with Gasteiger partial charge in [0.05, 0.1) is 10.3 Å². The number of nitrogens with zero attached hydrogens (tertiary/aromatic N) is 3. The molecule has 4 aromatic rings. The Morgan fingerprint density at radius 2 is 1.88 bits per heavy atom. The van der Waals surface area contributed by atoms with Gasteiger partial charge in [-0.05, 0) is 42.8 Å². The molecule has 1 aliphatic rings. The van der Waals surface area contributed by atoms with Crippen molar-refractivity contribution in [1.29, 1.82) is 0 Å². The lowest BCUT2D eigenvalue weighted by Gasteiger charge is -2.11. The topological polar surface area (TPSA) is 105 Å². The van der Waals surface area contributed by atoms with E-state index in [9.17, 15) is 13.2 Å². The summed E-state index contributed by atoms with van der Waals surface area (Å²) in [5.74, 6) is 0.749. The van der Waals surface area contributed by atoms with Gasteiger partial charge in [0.15, 0.2) is 5.76 Å². The smallest absolute Gasteiger partial charge is 0.284 e. The fourth-order valence-electron chi connectivity index (χ4n) is 3.92. The highest BCUT2D eigenvalue weighted by atomic mass is 32.2. The number of aromatic nitrogens is 1. The maximum absolute atomic E-state index is 13.0. The molecular weight excluding hydrogens is 452 g/mol. The predicted molar refractivity (Wildman–Crippen MR) is 130 cm³/mol. The minimum atomic E-state index is -3.88. The molecule has 0 radical (unpaired) electrons. The molecule has 0 bridgehead atoms. The van der Waals surface area contributed by atoms with Gasteiger partial charge in [-0.1, -0.05) is 41.6 Å². The molecule has 1 saturated heterocycles. The molecule has 1 N–H and O–H groups in total. The molecule has 0 aliphatic carbocycles. The number of sulfonamides is 1. The van der Waals surface area contributed by atoms with E-state index < -0.39 is 10.0 Å². The summed E-state index contributed by atoms with van der Waals surface area (Å²) in [6, 6.07) is 20.7. The number of rotatable bonds is 5. The van der Waals surface area contributed by atoms with E-state index in [1.54, 1.807) is 30.3 Å². The molecule has 172 valence electrons. The Kier molecular flexibility index (Phi) is 5.62. The number of carbonyl (C=O) groups excluding carboxylic acids is 1. The molecule has 3 aromatic carbocycles. The third-order valence-electron chi connectivity index (χ3n) is 5.72. The van der Waals surface area contributed by atoms with Crippen molar-refractivity contribution in [2.45, 2.75) is 17.7 Å². The first-order chi connectivity index (χ1) is 16.4. The predicted octanol–water partition coefficient (Wildman–Crippen LogP) is 4.56. The quantitative estimate of drug-likeness (QED) is 0.455. The average Bonchev–Trinajstić information content (AvgIpc) is 3.45. The molecule has 2 heterocycles. The number of anilines is 1. The second kappa shape index (κ2) is 8.75. The largest absolute Gasteiger partial charge is 0.362 e. The van der Waals surface area contributed by atoms with Gasteiger partial charge >= 0.3 is 0 Å². The Bertz CT molecular complexity index is 1510. The van der Waals surface area contributed by atoms with Gasteiger partial charge in [-0.25, -0.2) is 0 Å². The maximum atomic E-state index is 13.0. The van der Waals surface area contributed by atoms with Crippen molar-refractivity contribution in [3.63, 3.8) is 0 Å². The number of amides is 1. The number of amidine groups is 1. The molecule has 0 spiro atoms. The van der Waals surface area contributed by atoms with Crippen molar-refractivity contribution in [3.05, 3.63) is 78.4 Å². The average molecular weight is 475 g/mol. The number of nitrogens with one attached hydrogen (secondary N) is 1. The van der Waals surface area contributed by atoms with Gasteiger partial charge < -0.3 is 14.7 Å². The molecule has 1 fully saturated rings. The zero-order chi connectivity index (χ0) is 23.7. The van der Waals surface area contributed by atoms with Crippen LogP contribution >= 0.6 is 0 Å². The molecule has 0 unspecified atom stereocenters. The zero-order valence-electron chi connectivity index (χ0n) is 18.4. The Morgan fingerprint density at radius 3 is 2.65 bits per heavy atom. The summed E-state index contributed by atoms with van der Waals surface area (Å²) < 4.78 is 35.1. The van der Waals surface area contributed by atoms with E-state index in [2.05, 4.69) is 14.9 Å². The molecular formula is C25H22N4O4S. The van der Waals surface area contributed by atoms with Gasteiger partial charge in [0.25, 0.3) is 15.9 Å². The van der Waals surface area contributed by atoms with Crippen molar-refractivity contribution >= 4 is 38.4 Å². The summed E-state index contributed by atoms with van der Waals surface area (Å²) in [6.07, 6.45) is 1.51. The summed E-state index contributed by atoms with van der Waals surface area (Å²) in [6.45, 7) is 0.785. The number of carbonyl (C=O) groups is 1. The fraction of sp³-hybridized carbons (Fsp3) is 0.160. The van der Waals surface area contributed by atoms with Crippen LogP contribution in [0.5, 0.6) is 0 Å². The summed E-state index contributed by atoms with van der Waals surface area (Å²) in [5, 5.41) is 7.57. The van der Waals surface area contributed by atoms with Crippen LogP contribution in [0.3, 0.4) is 0 Å². The fourth-order valence-corrected chi connectivity index (χ4v) is 5.06. The van der Waals surface area contributed by atoms with Crippen LogP contribution in [0.15, 0.2) is 86.6 Å². The van der Waals surface area contributed by atoms with Crippen molar-refractivity contribution < 1.29 is 17.7 Å². The first kappa shape index (κ1) is 21.8. The Hall–Kier alpha value is -3.98. The number of fused-ring (bicyclic) bond motifs is 1. The van der Waals surface area contributed by atoms with E-state index in [0.29, 0.717) is 40.2 Å². The Morgan fingerprint density at radius 1 is 1.06 bits per heavy atom. The van der Waals surface area contributed by atoms with Gasteiger partial charge in [0.1, 0.15) is 11.4 Å². The van der Waals surface area contributed by atoms with Gasteiger partial charge in [0, 0.05) is 36.8 Å². The number of hydrogen-bond acceptors (Lipinski definition) is 5. The number of likely N-dealkylation sites (tertiary alicyclic amines) is 1. The number of hydrogen-bond donors (Lipinski definition) is 1. The third kappa shape index (κ3) is 4.29. The molecule has 1 amide bonds. The van der Waals surface area contributed by atoms with Crippen LogP contribution in [0.2, 0.25) is 0 Å². The van der Waals surface area contributed by atoms with E-state index in [-0.39, 0.29) is 10.8 Å². The molecule has 1 aromatic heterocycles. The standard InChI is InChI=1S/C25H22N4O4S/c1-29-14-6-11-23(29)28-34(31,32)20-10-5-9-19(16-20)26-25(30)18-12-13-22-21(15-18)24(33-27-22)17-7-3-2-4-8-17/h2-5,7-10,12-13,15-16H,6,11,14H2,1H3,(H,26,30)/b28-23+. The highest BCUT2D eigenvalue weighted by Crippen LogP contribution is 2.29. The zero-order valence-corrected chi connectivity index (χ0v) is 19.2. The van der Waals surface area contributed by atoms with Crippen molar-refractivity contribution in [2.24, 2.45) is 4.40 Å². The monoisotopic (exact) mass is 474 g/mol. The molecule has 0 saturated carbocycles. The minimum Gasteiger partial charge on any atom is -0.362 e. The Balaban J connectivity index is 1.41. The van der Waals surface area contributed by atoms with Crippen molar-refractivity contribution in [3.8, 4) is 11.3 Å². The van der Waals surface area contributed by atoms with E-state index in [1.165, 1.54) is 12.1 Å². The lowest BCUT2D eigenvalue weighted by atomic mass is 10.1. The lowest BCUT2D eigenvalue weighted by molar-refractivity contribution is 0.102. The van der Waals surface area contributed by atoms with Gasteiger partial charge in [-0.3, -0.25) is 4.79 Å². The summed E-state index contributed by atoms with van der Waals surface area (Å²) >= 11 is 0. The van der Waals surface area contributed by atoms with Crippen LogP contribution in [0.1, 0.15) is 23.2 Å². The van der Waals surface area contributed by atoms with Gasteiger partial charge in [-0.2, -0.15) is 8.42 Å². The van der Waals surface area contributed by atoms with E-state index >= 15 is 0 Å². The molecule has 34 heavy (non-hydrogen) atoms. The third-order valence-corrected chi connectivity index (χ3v) is 7.03. The maximum Gasteiger partial charge on any atom is 0.284 e. The van der Waals surface area contributed by atoms with Gasteiger partial charge in [-0.15, -0.1) is 4.40 Å². The van der Waals surface area contributed by atoms with E-state index in [4.69, 9.17) is 4.52 Å². The first-order valence-electron chi connectivity index (χ1n) is 10.8. The normalized spacial score (nSPS) is 15.2. The summed E-state index contributed by atoms with van der Waals surface area (Å²) in [4.78, 5) is 14.8. The second-order valence-electron chi connectivity index (χ2n) is 8.10. The summed E-state index contributed by atoms with van der Waals surface area (Å²) in [5.41, 5.74) is 2.25. The van der Waals surface area contributed by atoms with Crippen molar-refractivity contribution in [1.82, 2.24) is 10.1 Å². The van der Waals surface area contributed by atoms with Crippen LogP contribution in [0.25, 0.3) is 22.2 Å². The molecule has 5 rings (SSSR count). The molecule has 9 heteroatoms. The summed E-state index contributed by atoms with van der Waals surface area (Å²) in [7, 11) is -2.06. The van der Waals surface area contributed by atoms with Crippen LogP contribution in [-0.2, 0) is 10.0 Å². The first-order valence-corrected chi connectivity index (χ1v) is 12.3. The molecule has 8 nitrogen and oxygen atoms in total. The highest BCUT2D eigenvalue weighted by Gasteiger charge is 2.21. The Labute approximate surface area is 197 Å². The van der Waals surface area contributed by atoms with Crippen molar-refractivity contribution in [2.75, 3.05) is 18.9 Å². The van der Waals surface area contributed by atoms with Crippen LogP contribution < -0.4 is 5.32 Å². The SMILES string of the molecule is CN1CCC/C1=N\S(=O)(=O)c1cccc(NC(=O)c2ccc3noc(-c4ccccc4)c3c2)c1. The minimum absolute atomic E-state index is 0.0268. The van der Waals surface area contributed by atoms with Crippen LogP contribution in [0, 0.1) is 0 Å².